The number of morpholine rings is 1. The standard InChI is InChI=1S/C22H24N2O3/c25-20(23-13-15-27-16-14-23)22(11-12-22)21(26)24(19-9-5-2-6-10-19)17-18-7-3-1-4-8-18/h1-10H,11-17H2. The lowest BCUT2D eigenvalue weighted by Crippen LogP contribution is -2.50. The molecule has 0 spiro atoms. The van der Waals surface area contributed by atoms with Crippen molar-refractivity contribution < 1.29 is 14.3 Å². The minimum atomic E-state index is -0.901. The van der Waals surface area contributed by atoms with Crippen LogP contribution < -0.4 is 4.90 Å². The van der Waals surface area contributed by atoms with Crippen LogP contribution in [0, 0.1) is 5.41 Å². The first-order valence-electron chi connectivity index (χ1n) is 9.49. The first-order chi connectivity index (χ1) is 13.2. The Balaban J connectivity index is 1.61. The molecule has 2 fully saturated rings. The zero-order valence-corrected chi connectivity index (χ0v) is 15.3. The van der Waals surface area contributed by atoms with Crippen molar-refractivity contribution in [3.8, 4) is 0 Å². The predicted molar refractivity (Wildman–Crippen MR) is 103 cm³/mol. The Bertz CT molecular complexity index is 797. The third-order valence-electron chi connectivity index (χ3n) is 5.36. The van der Waals surface area contributed by atoms with E-state index in [-0.39, 0.29) is 11.8 Å². The second kappa shape index (κ2) is 7.53. The molecule has 1 saturated heterocycles. The topological polar surface area (TPSA) is 49.9 Å². The zero-order valence-electron chi connectivity index (χ0n) is 15.3. The van der Waals surface area contributed by atoms with Crippen molar-refractivity contribution in [2.75, 3.05) is 31.2 Å². The van der Waals surface area contributed by atoms with Crippen LogP contribution in [-0.4, -0.2) is 43.0 Å². The van der Waals surface area contributed by atoms with Gasteiger partial charge in [0.15, 0.2) is 0 Å². The first kappa shape index (κ1) is 17.7. The van der Waals surface area contributed by atoms with Gasteiger partial charge in [-0.25, -0.2) is 0 Å². The molecule has 2 amide bonds. The summed E-state index contributed by atoms with van der Waals surface area (Å²) in [5.41, 5.74) is 0.971. The van der Waals surface area contributed by atoms with Crippen molar-refractivity contribution in [2.24, 2.45) is 5.41 Å². The monoisotopic (exact) mass is 364 g/mol. The van der Waals surface area contributed by atoms with Crippen molar-refractivity contribution in [1.82, 2.24) is 4.90 Å². The summed E-state index contributed by atoms with van der Waals surface area (Å²) in [4.78, 5) is 30.3. The summed E-state index contributed by atoms with van der Waals surface area (Å²) >= 11 is 0. The number of carbonyl (C=O) groups excluding carboxylic acids is 2. The summed E-state index contributed by atoms with van der Waals surface area (Å²) < 4.78 is 5.35. The number of benzene rings is 2. The van der Waals surface area contributed by atoms with Gasteiger partial charge in [0.25, 0.3) is 0 Å². The summed E-state index contributed by atoms with van der Waals surface area (Å²) in [6.07, 6.45) is 1.25. The highest BCUT2D eigenvalue weighted by atomic mass is 16.5. The summed E-state index contributed by atoms with van der Waals surface area (Å²) in [5.74, 6) is -0.126. The average Bonchev–Trinajstić information content (AvgIpc) is 3.55. The number of para-hydroxylation sites is 1. The molecule has 0 bridgehead atoms. The van der Waals surface area contributed by atoms with E-state index in [0.717, 1.165) is 11.3 Å². The molecule has 0 atom stereocenters. The van der Waals surface area contributed by atoms with Crippen molar-refractivity contribution in [3.05, 3.63) is 66.2 Å². The highest BCUT2D eigenvalue weighted by Crippen LogP contribution is 2.49. The van der Waals surface area contributed by atoms with E-state index in [0.29, 0.717) is 45.7 Å². The highest BCUT2D eigenvalue weighted by molar-refractivity contribution is 6.14. The number of carbonyl (C=O) groups is 2. The van der Waals surface area contributed by atoms with Crippen LogP contribution in [0.15, 0.2) is 60.7 Å². The second-order valence-corrected chi connectivity index (χ2v) is 7.20. The first-order valence-corrected chi connectivity index (χ1v) is 9.49. The van der Waals surface area contributed by atoms with Gasteiger partial charge in [0.1, 0.15) is 5.41 Å². The number of ether oxygens (including phenoxy) is 1. The lowest BCUT2D eigenvalue weighted by molar-refractivity contribution is -0.146. The smallest absolute Gasteiger partial charge is 0.242 e. The van der Waals surface area contributed by atoms with Crippen LogP contribution in [0.3, 0.4) is 0 Å². The maximum absolute atomic E-state index is 13.6. The maximum atomic E-state index is 13.6. The molecule has 4 rings (SSSR count). The molecule has 2 aliphatic rings. The molecule has 2 aromatic rings. The predicted octanol–water partition coefficient (Wildman–Crippen LogP) is 2.86. The molecule has 0 unspecified atom stereocenters. The van der Waals surface area contributed by atoms with Crippen LogP contribution in [0.5, 0.6) is 0 Å². The van der Waals surface area contributed by atoms with Gasteiger partial charge in [-0.15, -0.1) is 0 Å². The Morgan fingerprint density at radius 3 is 2.11 bits per heavy atom. The molecule has 2 aromatic carbocycles. The molecule has 0 N–H and O–H groups in total. The van der Waals surface area contributed by atoms with Gasteiger partial charge in [-0.1, -0.05) is 48.5 Å². The van der Waals surface area contributed by atoms with Gasteiger partial charge in [-0.2, -0.15) is 0 Å². The summed E-state index contributed by atoms with van der Waals surface area (Å²) in [5, 5.41) is 0. The Morgan fingerprint density at radius 1 is 0.926 bits per heavy atom. The van der Waals surface area contributed by atoms with Crippen molar-refractivity contribution in [3.63, 3.8) is 0 Å². The summed E-state index contributed by atoms with van der Waals surface area (Å²) in [6, 6.07) is 19.5. The minimum absolute atomic E-state index is 0.0372. The number of nitrogens with zero attached hydrogens (tertiary/aromatic N) is 2. The fraction of sp³-hybridized carbons (Fsp3) is 0.364. The van der Waals surface area contributed by atoms with Crippen LogP contribution in [0.1, 0.15) is 18.4 Å². The SMILES string of the molecule is O=C(N1CCOCC1)C1(C(=O)N(Cc2ccccc2)c2ccccc2)CC1. The Labute approximate surface area is 159 Å². The molecule has 1 saturated carbocycles. The number of hydrogen-bond donors (Lipinski definition) is 0. The minimum Gasteiger partial charge on any atom is -0.378 e. The molecule has 27 heavy (non-hydrogen) atoms. The van der Waals surface area contributed by atoms with Gasteiger partial charge in [0, 0.05) is 18.8 Å². The van der Waals surface area contributed by atoms with E-state index >= 15 is 0 Å². The van der Waals surface area contributed by atoms with Gasteiger partial charge in [0.05, 0.1) is 19.8 Å². The van der Waals surface area contributed by atoms with E-state index in [1.54, 1.807) is 9.80 Å². The zero-order chi connectivity index (χ0) is 18.7. The lowest BCUT2D eigenvalue weighted by atomic mass is 10.0. The van der Waals surface area contributed by atoms with Crippen LogP contribution in [0.25, 0.3) is 0 Å². The van der Waals surface area contributed by atoms with Crippen LogP contribution in [0.4, 0.5) is 5.69 Å². The Kier molecular flexibility index (Phi) is 4.94. The van der Waals surface area contributed by atoms with E-state index in [9.17, 15) is 9.59 Å². The van der Waals surface area contributed by atoms with Crippen LogP contribution in [0.2, 0.25) is 0 Å². The fourth-order valence-electron chi connectivity index (χ4n) is 3.63. The molecule has 140 valence electrons. The Hall–Kier alpha value is -2.66. The summed E-state index contributed by atoms with van der Waals surface area (Å²) in [7, 11) is 0. The maximum Gasteiger partial charge on any atom is 0.242 e. The van der Waals surface area contributed by atoms with E-state index in [2.05, 4.69) is 0 Å². The molecular formula is C22H24N2O3. The van der Waals surface area contributed by atoms with E-state index in [1.165, 1.54) is 0 Å². The van der Waals surface area contributed by atoms with Gasteiger partial charge in [0.2, 0.25) is 11.8 Å². The van der Waals surface area contributed by atoms with Crippen LogP contribution >= 0.6 is 0 Å². The molecule has 1 heterocycles. The normalized spacial score (nSPS) is 18.0. The molecule has 5 nitrogen and oxygen atoms in total. The van der Waals surface area contributed by atoms with Crippen molar-refractivity contribution in [1.29, 1.82) is 0 Å². The van der Waals surface area contributed by atoms with Gasteiger partial charge < -0.3 is 14.5 Å². The second-order valence-electron chi connectivity index (χ2n) is 7.20. The highest BCUT2D eigenvalue weighted by Gasteiger charge is 2.59. The lowest BCUT2D eigenvalue weighted by Gasteiger charge is -2.33. The molecule has 1 aliphatic heterocycles. The number of amides is 2. The molecule has 1 aliphatic carbocycles. The molecule has 5 heteroatoms. The van der Waals surface area contributed by atoms with Gasteiger partial charge in [-0.3, -0.25) is 9.59 Å². The molecule has 0 aromatic heterocycles. The molecular weight excluding hydrogens is 340 g/mol. The van der Waals surface area contributed by atoms with Crippen molar-refractivity contribution in [2.45, 2.75) is 19.4 Å². The van der Waals surface area contributed by atoms with E-state index in [4.69, 9.17) is 4.74 Å². The fourth-order valence-corrected chi connectivity index (χ4v) is 3.63. The number of anilines is 1. The largest absolute Gasteiger partial charge is 0.378 e. The summed E-state index contributed by atoms with van der Waals surface area (Å²) in [6.45, 7) is 2.68. The average molecular weight is 364 g/mol. The Morgan fingerprint density at radius 2 is 1.52 bits per heavy atom. The van der Waals surface area contributed by atoms with Crippen LogP contribution in [-0.2, 0) is 20.9 Å². The van der Waals surface area contributed by atoms with Gasteiger partial charge >= 0.3 is 0 Å². The molecule has 0 radical (unpaired) electrons. The van der Waals surface area contributed by atoms with Gasteiger partial charge in [-0.05, 0) is 30.5 Å². The number of hydrogen-bond acceptors (Lipinski definition) is 3. The third kappa shape index (κ3) is 3.60. The van der Waals surface area contributed by atoms with Crippen molar-refractivity contribution >= 4 is 17.5 Å². The van der Waals surface area contributed by atoms with E-state index < -0.39 is 5.41 Å². The third-order valence-corrected chi connectivity index (χ3v) is 5.36. The quantitative estimate of drug-likeness (QED) is 0.767. The number of rotatable bonds is 5. The van der Waals surface area contributed by atoms with E-state index in [1.807, 2.05) is 60.7 Å².